The molecule has 2 atom stereocenters. The van der Waals surface area contributed by atoms with Gasteiger partial charge in [0.25, 0.3) is 0 Å². The maximum atomic E-state index is 12.2. The number of nitrogens with one attached hydrogen (secondary N) is 1. The molecule has 2 heterocycles. The lowest BCUT2D eigenvalue weighted by atomic mass is 9.97. The maximum absolute atomic E-state index is 12.2. The summed E-state index contributed by atoms with van der Waals surface area (Å²) in [6.45, 7) is 8.47. The van der Waals surface area contributed by atoms with E-state index < -0.39 is 0 Å². The van der Waals surface area contributed by atoms with E-state index in [0.717, 1.165) is 39.0 Å². The second-order valence-electron chi connectivity index (χ2n) is 5.22. The van der Waals surface area contributed by atoms with E-state index >= 15 is 0 Å². The lowest BCUT2D eigenvalue weighted by Gasteiger charge is -2.26. The van der Waals surface area contributed by atoms with Gasteiger partial charge in [-0.25, -0.2) is 0 Å². The molecule has 2 unspecified atom stereocenters. The minimum Gasteiger partial charge on any atom is -0.342 e. The number of hydrogen-bond donors (Lipinski definition) is 1. The van der Waals surface area contributed by atoms with Crippen LogP contribution in [0.25, 0.3) is 0 Å². The number of carbonyl (C=O) groups is 1. The zero-order valence-corrected chi connectivity index (χ0v) is 11.1. The highest BCUT2D eigenvalue weighted by Gasteiger charge is 2.33. The van der Waals surface area contributed by atoms with Crippen LogP contribution in [0.5, 0.6) is 0 Å². The highest BCUT2D eigenvalue weighted by molar-refractivity contribution is 5.85. The first-order valence-electron chi connectivity index (χ1n) is 6.18. The molecule has 16 heavy (non-hydrogen) atoms. The highest BCUT2D eigenvalue weighted by Crippen LogP contribution is 2.25. The molecule has 0 bridgehead atoms. The largest absolute Gasteiger partial charge is 0.342 e. The molecule has 94 valence electrons. The Balaban J connectivity index is 0.00000128. The Labute approximate surface area is 104 Å². The molecule has 2 aliphatic heterocycles. The minimum atomic E-state index is 0. The Morgan fingerprint density at radius 2 is 1.62 bits per heavy atom. The summed E-state index contributed by atoms with van der Waals surface area (Å²) in [5.74, 6) is 2.06. The number of amides is 1. The summed E-state index contributed by atoms with van der Waals surface area (Å²) in [4.78, 5) is 14.3. The molecule has 4 heteroatoms. The molecule has 2 saturated heterocycles. The number of hydrogen-bond acceptors (Lipinski definition) is 2. The molecule has 0 radical (unpaired) electrons. The Morgan fingerprint density at radius 3 is 2.12 bits per heavy atom. The SMILES string of the molecule is CC1CN(C(=O)C2CCNCC2)CC1C.Cl. The van der Waals surface area contributed by atoms with Crippen molar-refractivity contribution in [2.45, 2.75) is 26.7 Å². The maximum Gasteiger partial charge on any atom is 0.225 e. The van der Waals surface area contributed by atoms with E-state index in [0.29, 0.717) is 23.7 Å². The zero-order chi connectivity index (χ0) is 10.8. The van der Waals surface area contributed by atoms with Crippen molar-refractivity contribution in [1.82, 2.24) is 10.2 Å². The molecule has 0 aromatic rings. The predicted molar refractivity (Wildman–Crippen MR) is 67.7 cm³/mol. The van der Waals surface area contributed by atoms with Crippen molar-refractivity contribution in [3.63, 3.8) is 0 Å². The van der Waals surface area contributed by atoms with Crippen LogP contribution >= 0.6 is 12.4 Å². The van der Waals surface area contributed by atoms with Crippen LogP contribution in [0.2, 0.25) is 0 Å². The zero-order valence-electron chi connectivity index (χ0n) is 10.2. The molecule has 2 rings (SSSR count). The van der Waals surface area contributed by atoms with E-state index in [-0.39, 0.29) is 12.4 Å². The number of nitrogens with zero attached hydrogens (tertiary/aromatic N) is 1. The van der Waals surface area contributed by atoms with Crippen LogP contribution in [0.15, 0.2) is 0 Å². The van der Waals surface area contributed by atoms with Crippen molar-refractivity contribution >= 4 is 18.3 Å². The summed E-state index contributed by atoms with van der Waals surface area (Å²) in [7, 11) is 0. The lowest BCUT2D eigenvalue weighted by Crippen LogP contribution is -2.40. The number of halogens is 1. The van der Waals surface area contributed by atoms with Crippen LogP contribution in [-0.2, 0) is 4.79 Å². The van der Waals surface area contributed by atoms with Crippen LogP contribution in [0.1, 0.15) is 26.7 Å². The minimum absolute atomic E-state index is 0. The third-order valence-electron chi connectivity index (χ3n) is 3.99. The van der Waals surface area contributed by atoms with Gasteiger partial charge in [0.15, 0.2) is 0 Å². The van der Waals surface area contributed by atoms with Crippen LogP contribution < -0.4 is 5.32 Å². The van der Waals surface area contributed by atoms with Crippen LogP contribution in [0.3, 0.4) is 0 Å². The van der Waals surface area contributed by atoms with Crippen molar-refractivity contribution in [3.05, 3.63) is 0 Å². The van der Waals surface area contributed by atoms with Gasteiger partial charge in [-0.15, -0.1) is 12.4 Å². The van der Waals surface area contributed by atoms with Crippen LogP contribution in [0, 0.1) is 17.8 Å². The molecule has 0 saturated carbocycles. The van der Waals surface area contributed by atoms with E-state index in [1.807, 2.05) is 0 Å². The van der Waals surface area contributed by atoms with Gasteiger partial charge in [0.05, 0.1) is 0 Å². The predicted octanol–water partition coefficient (Wildman–Crippen LogP) is 1.52. The third kappa shape index (κ3) is 2.89. The summed E-state index contributed by atoms with van der Waals surface area (Å²) in [5.41, 5.74) is 0. The summed E-state index contributed by atoms with van der Waals surface area (Å²) >= 11 is 0. The first-order valence-corrected chi connectivity index (χ1v) is 6.18. The second kappa shape index (κ2) is 5.87. The highest BCUT2D eigenvalue weighted by atomic mass is 35.5. The van der Waals surface area contributed by atoms with Crippen molar-refractivity contribution in [2.75, 3.05) is 26.2 Å². The fourth-order valence-electron chi connectivity index (χ4n) is 2.64. The smallest absolute Gasteiger partial charge is 0.225 e. The van der Waals surface area contributed by atoms with Crippen molar-refractivity contribution < 1.29 is 4.79 Å². The standard InChI is InChI=1S/C12H22N2O.ClH/c1-9-7-14(8-10(9)2)12(15)11-3-5-13-6-4-11;/h9-11,13H,3-8H2,1-2H3;1H. The van der Waals surface area contributed by atoms with Crippen LogP contribution in [0.4, 0.5) is 0 Å². The molecular weight excluding hydrogens is 224 g/mol. The van der Waals surface area contributed by atoms with E-state index in [9.17, 15) is 4.79 Å². The molecule has 2 fully saturated rings. The average Bonchev–Trinajstić information content (AvgIpc) is 2.59. The molecule has 1 N–H and O–H groups in total. The van der Waals surface area contributed by atoms with E-state index in [1.165, 1.54) is 0 Å². The third-order valence-corrected chi connectivity index (χ3v) is 3.99. The molecule has 2 aliphatic rings. The van der Waals surface area contributed by atoms with Crippen molar-refractivity contribution in [2.24, 2.45) is 17.8 Å². The quantitative estimate of drug-likeness (QED) is 0.761. The molecular formula is C12H23ClN2O. The van der Waals surface area contributed by atoms with Gasteiger partial charge < -0.3 is 10.2 Å². The van der Waals surface area contributed by atoms with Gasteiger partial charge in [-0.05, 0) is 37.8 Å². The fraction of sp³-hybridized carbons (Fsp3) is 0.917. The topological polar surface area (TPSA) is 32.3 Å². The molecule has 0 aromatic heterocycles. The Kier molecular flexibility index (Phi) is 5.06. The number of rotatable bonds is 1. The summed E-state index contributed by atoms with van der Waals surface area (Å²) in [5, 5.41) is 3.31. The molecule has 0 aromatic carbocycles. The number of carbonyl (C=O) groups excluding carboxylic acids is 1. The Bertz CT molecular complexity index is 231. The second-order valence-corrected chi connectivity index (χ2v) is 5.22. The van der Waals surface area contributed by atoms with Gasteiger partial charge in [0.1, 0.15) is 0 Å². The van der Waals surface area contributed by atoms with Gasteiger partial charge in [0, 0.05) is 19.0 Å². The Morgan fingerprint density at radius 1 is 1.12 bits per heavy atom. The first kappa shape index (κ1) is 13.8. The van der Waals surface area contributed by atoms with Gasteiger partial charge in [-0.2, -0.15) is 0 Å². The van der Waals surface area contributed by atoms with Crippen molar-refractivity contribution in [1.29, 1.82) is 0 Å². The van der Waals surface area contributed by atoms with Crippen molar-refractivity contribution in [3.8, 4) is 0 Å². The monoisotopic (exact) mass is 246 g/mol. The molecule has 1 amide bonds. The van der Waals surface area contributed by atoms with Gasteiger partial charge in [-0.3, -0.25) is 4.79 Å². The van der Waals surface area contributed by atoms with Gasteiger partial charge in [-0.1, -0.05) is 13.8 Å². The normalized spacial score (nSPS) is 31.2. The molecule has 3 nitrogen and oxygen atoms in total. The summed E-state index contributed by atoms with van der Waals surface area (Å²) in [6, 6.07) is 0. The number of likely N-dealkylation sites (tertiary alicyclic amines) is 1. The van der Waals surface area contributed by atoms with E-state index in [1.54, 1.807) is 0 Å². The van der Waals surface area contributed by atoms with Gasteiger partial charge >= 0.3 is 0 Å². The Hall–Kier alpha value is -0.280. The van der Waals surface area contributed by atoms with Crippen LogP contribution in [-0.4, -0.2) is 37.0 Å². The molecule has 0 spiro atoms. The molecule has 0 aliphatic carbocycles. The lowest BCUT2D eigenvalue weighted by molar-refractivity contribution is -0.135. The number of piperidine rings is 1. The van der Waals surface area contributed by atoms with Gasteiger partial charge in [0.2, 0.25) is 5.91 Å². The average molecular weight is 247 g/mol. The summed E-state index contributed by atoms with van der Waals surface area (Å²) in [6.07, 6.45) is 2.05. The van der Waals surface area contributed by atoms with E-state index in [4.69, 9.17) is 0 Å². The first-order chi connectivity index (χ1) is 7.18. The van der Waals surface area contributed by atoms with E-state index in [2.05, 4.69) is 24.1 Å². The fourth-order valence-corrected chi connectivity index (χ4v) is 2.64. The summed E-state index contributed by atoms with van der Waals surface area (Å²) < 4.78 is 0.